The maximum Gasteiger partial charge on any atom is 0.387 e. The lowest BCUT2D eigenvalue weighted by molar-refractivity contribution is -0.0496. The Morgan fingerprint density at radius 1 is 1.24 bits per heavy atom. The number of aromatic nitrogens is 4. The first kappa shape index (κ1) is 24.2. The van der Waals surface area contributed by atoms with Crippen molar-refractivity contribution in [3.05, 3.63) is 40.9 Å². The number of pyridine rings is 2. The van der Waals surface area contributed by atoms with Crippen molar-refractivity contribution in [3.63, 3.8) is 0 Å². The Morgan fingerprint density at radius 2 is 2.06 bits per heavy atom. The molecule has 4 rings (SSSR count). The van der Waals surface area contributed by atoms with Crippen molar-refractivity contribution in [1.82, 2.24) is 20.2 Å². The van der Waals surface area contributed by atoms with Gasteiger partial charge in [-0.1, -0.05) is 16.7 Å². The van der Waals surface area contributed by atoms with Crippen molar-refractivity contribution in [3.8, 4) is 22.1 Å². The fourth-order valence-corrected chi connectivity index (χ4v) is 4.44. The normalized spacial score (nSPS) is 18.1. The Hall–Kier alpha value is -2.96. The molecule has 2 N–H and O–H groups in total. The molecule has 0 aliphatic heterocycles. The minimum atomic E-state index is -3.09. The number of hydrogen-bond donors (Lipinski definition) is 2. The second-order valence-electron chi connectivity index (χ2n) is 7.64. The number of carbonyl (C=O) groups is 1. The summed E-state index contributed by atoms with van der Waals surface area (Å²) in [5.41, 5.74) is 1.07. The van der Waals surface area contributed by atoms with Crippen molar-refractivity contribution >= 4 is 34.0 Å². The van der Waals surface area contributed by atoms with Crippen LogP contribution in [-0.2, 0) is 0 Å². The zero-order chi connectivity index (χ0) is 24.2. The van der Waals surface area contributed by atoms with Gasteiger partial charge >= 0.3 is 6.61 Å². The third-order valence-corrected chi connectivity index (χ3v) is 6.05. The van der Waals surface area contributed by atoms with Gasteiger partial charge in [0.1, 0.15) is 11.3 Å². The summed E-state index contributed by atoms with van der Waals surface area (Å²) in [5.74, 6) is -0.824. The molecule has 180 valence electrons. The number of amides is 1. The van der Waals surface area contributed by atoms with Gasteiger partial charge in [0.15, 0.2) is 5.75 Å². The Balaban J connectivity index is 1.57. The highest BCUT2D eigenvalue weighted by Crippen LogP contribution is 2.35. The third kappa shape index (κ3) is 5.93. The molecule has 0 saturated heterocycles. The Morgan fingerprint density at radius 3 is 2.82 bits per heavy atom. The molecule has 1 aliphatic rings. The van der Waals surface area contributed by atoms with Gasteiger partial charge in [0.05, 0.1) is 17.9 Å². The smallest absolute Gasteiger partial charge is 0.387 e. The first-order chi connectivity index (χ1) is 16.3. The van der Waals surface area contributed by atoms with E-state index in [0.717, 1.165) is 36.8 Å². The summed E-state index contributed by atoms with van der Waals surface area (Å²) in [6.45, 7) is -1.40. The second kappa shape index (κ2) is 10.5. The molecule has 1 aliphatic carbocycles. The lowest BCUT2D eigenvalue weighted by atomic mass is 9.95. The number of nitrogens with one attached hydrogen (secondary N) is 1. The van der Waals surface area contributed by atoms with E-state index in [2.05, 4.69) is 30.2 Å². The lowest BCUT2D eigenvalue weighted by Gasteiger charge is -2.25. The maximum atomic E-state index is 13.1. The molecule has 2 atom stereocenters. The van der Waals surface area contributed by atoms with Gasteiger partial charge in [-0.05, 0) is 49.7 Å². The van der Waals surface area contributed by atoms with E-state index in [0.29, 0.717) is 12.1 Å². The van der Waals surface area contributed by atoms with Crippen LogP contribution in [0.3, 0.4) is 0 Å². The summed E-state index contributed by atoms with van der Waals surface area (Å²) in [7, 11) is 0. The highest BCUT2D eigenvalue weighted by Gasteiger charge is 2.24. The topological polar surface area (TPSA) is 119 Å². The predicted octanol–water partition coefficient (Wildman–Crippen LogP) is 4.49. The average molecular weight is 512 g/mol. The van der Waals surface area contributed by atoms with E-state index >= 15 is 0 Å². The van der Waals surface area contributed by atoms with Crippen molar-refractivity contribution in [1.29, 1.82) is 0 Å². The van der Waals surface area contributed by atoms with Gasteiger partial charge in [-0.15, -0.1) is 5.10 Å². The van der Waals surface area contributed by atoms with Gasteiger partial charge in [0.2, 0.25) is 5.13 Å². The van der Waals surface area contributed by atoms with Crippen molar-refractivity contribution in [2.24, 2.45) is 0 Å². The molecule has 13 heteroatoms. The van der Waals surface area contributed by atoms with Crippen molar-refractivity contribution < 1.29 is 28.2 Å². The molecule has 1 amide bonds. The summed E-state index contributed by atoms with van der Waals surface area (Å²) < 4.78 is 36.2. The monoisotopic (exact) mass is 511 g/mol. The molecule has 0 spiro atoms. The van der Waals surface area contributed by atoms with Crippen LogP contribution in [0.25, 0.3) is 11.1 Å². The summed E-state index contributed by atoms with van der Waals surface area (Å²) in [6.07, 6.45) is 4.73. The number of alkyl halides is 2. The number of halogens is 3. The predicted molar refractivity (Wildman–Crippen MR) is 121 cm³/mol. The molecule has 0 bridgehead atoms. The number of aryl methyl sites for hydroxylation is 1. The van der Waals surface area contributed by atoms with Crippen LogP contribution in [0.2, 0.25) is 5.15 Å². The average Bonchev–Trinajstić information content (AvgIpc) is 3.21. The summed E-state index contributed by atoms with van der Waals surface area (Å²) in [6, 6.07) is 2.89. The van der Waals surface area contributed by atoms with E-state index in [1.807, 2.05) is 0 Å². The Kier molecular flexibility index (Phi) is 7.49. The van der Waals surface area contributed by atoms with Crippen LogP contribution in [0.15, 0.2) is 24.5 Å². The zero-order valence-corrected chi connectivity index (χ0v) is 19.4. The first-order valence-electron chi connectivity index (χ1n) is 10.4. The molecule has 1 fully saturated rings. The SMILES string of the molecule is Cc1cc(-c2cc(Cl)ncc2OC(F)F)c(C(=O)Nc2nnc(O[C@@H]3CCC[C@H](O)C3)s2)cn1. The van der Waals surface area contributed by atoms with Crippen LogP contribution >= 0.6 is 22.9 Å². The molecular formula is C21H20ClF2N5O4S. The number of nitrogens with zero attached hydrogens (tertiary/aromatic N) is 4. The minimum absolute atomic E-state index is 0.0381. The highest BCUT2D eigenvalue weighted by atomic mass is 35.5. The van der Waals surface area contributed by atoms with Crippen LogP contribution in [0.1, 0.15) is 41.7 Å². The van der Waals surface area contributed by atoms with Crippen LogP contribution in [-0.4, -0.2) is 50.0 Å². The summed E-state index contributed by atoms with van der Waals surface area (Å²) in [4.78, 5) is 21.0. The molecule has 0 radical (unpaired) electrons. The third-order valence-electron chi connectivity index (χ3n) is 5.12. The van der Waals surface area contributed by atoms with Crippen molar-refractivity contribution in [2.75, 3.05) is 5.32 Å². The largest absolute Gasteiger partial charge is 0.465 e. The van der Waals surface area contributed by atoms with Gasteiger partial charge in [0.25, 0.3) is 11.1 Å². The van der Waals surface area contributed by atoms with Crippen LogP contribution in [0.4, 0.5) is 13.9 Å². The fourth-order valence-electron chi connectivity index (χ4n) is 3.62. The zero-order valence-electron chi connectivity index (χ0n) is 17.9. The molecule has 0 unspecified atom stereocenters. The Labute approximate surface area is 202 Å². The van der Waals surface area contributed by atoms with E-state index < -0.39 is 18.6 Å². The van der Waals surface area contributed by atoms with Crippen LogP contribution < -0.4 is 14.8 Å². The van der Waals surface area contributed by atoms with Gasteiger partial charge in [-0.25, -0.2) is 4.98 Å². The lowest BCUT2D eigenvalue weighted by Crippen LogP contribution is -2.28. The number of hydrogen-bond acceptors (Lipinski definition) is 9. The number of ether oxygens (including phenoxy) is 2. The van der Waals surface area contributed by atoms with Gasteiger partial charge < -0.3 is 14.6 Å². The molecular weight excluding hydrogens is 492 g/mol. The fraction of sp³-hybridized carbons (Fsp3) is 0.381. The molecule has 9 nitrogen and oxygen atoms in total. The minimum Gasteiger partial charge on any atom is -0.465 e. The van der Waals surface area contributed by atoms with E-state index in [4.69, 9.17) is 16.3 Å². The van der Waals surface area contributed by atoms with Gasteiger partial charge in [-0.2, -0.15) is 8.78 Å². The number of aliphatic hydroxyl groups is 1. The quantitative estimate of drug-likeness (QED) is 0.445. The van der Waals surface area contributed by atoms with Gasteiger partial charge in [-0.3, -0.25) is 15.1 Å². The molecule has 3 heterocycles. The molecule has 3 aromatic rings. The molecule has 3 aromatic heterocycles. The molecule has 0 aromatic carbocycles. The van der Waals surface area contributed by atoms with E-state index in [1.165, 1.54) is 12.3 Å². The van der Waals surface area contributed by atoms with E-state index in [-0.39, 0.29) is 44.0 Å². The highest BCUT2D eigenvalue weighted by molar-refractivity contribution is 7.17. The number of carbonyl (C=O) groups excluding carboxylic acids is 1. The molecule has 1 saturated carbocycles. The number of rotatable bonds is 7. The standard InChI is InChI=1S/C21H20ClF2N5O4S/c1-10-5-13(14-7-17(22)26-9-16(14)33-19(23)24)15(8-25-10)18(31)27-20-28-29-21(34-20)32-12-4-2-3-11(30)6-12/h5,7-9,11-12,19,30H,2-4,6H2,1H3,(H,27,28,31)/t11-,12+/m0/s1. The second-order valence-corrected chi connectivity index (χ2v) is 8.97. The Bertz CT molecular complexity index is 1180. The van der Waals surface area contributed by atoms with E-state index in [1.54, 1.807) is 13.0 Å². The van der Waals surface area contributed by atoms with Crippen LogP contribution in [0.5, 0.6) is 10.9 Å². The van der Waals surface area contributed by atoms with E-state index in [9.17, 15) is 18.7 Å². The van der Waals surface area contributed by atoms with Crippen molar-refractivity contribution in [2.45, 2.75) is 51.4 Å². The summed E-state index contributed by atoms with van der Waals surface area (Å²) in [5, 5.41) is 20.8. The number of aliphatic hydroxyl groups excluding tert-OH is 1. The van der Waals surface area contributed by atoms with Gasteiger partial charge in [0, 0.05) is 29.4 Å². The summed E-state index contributed by atoms with van der Waals surface area (Å²) >= 11 is 7.02. The molecule has 34 heavy (non-hydrogen) atoms. The van der Waals surface area contributed by atoms with Crippen LogP contribution in [0, 0.1) is 6.92 Å². The number of anilines is 1. The first-order valence-corrected chi connectivity index (χ1v) is 11.5. The maximum absolute atomic E-state index is 13.1.